The molecule has 0 amide bonds. The van der Waals surface area contributed by atoms with E-state index in [0.29, 0.717) is 0 Å². The second-order valence-corrected chi connectivity index (χ2v) is 3.50. The van der Waals surface area contributed by atoms with Crippen molar-refractivity contribution in [1.82, 2.24) is 9.90 Å². The summed E-state index contributed by atoms with van der Waals surface area (Å²) in [6, 6.07) is 0. The molecule has 1 aromatic rings. The second kappa shape index (κ2) is 5.73. The number of hydrogen-bond acceptors (Lipinski definition) is 1. The Morgan fingerprint density at radius 2 is 2.00 bits per heavy atom. The van der Waals surface area contributed by atoms with Gasteiger partial charge >= 0.3 is 0 Å². The molecule has 0 fully saturated rings. The molecule has 0 unspecified atom stereocenters. The van der Waals surface area contributed by atoms with E-state index in [0.717, 1.165) is 6.54 Å². The molecule has 0 aliphatic rings. The molecular weight excluding hydrogens is 162 g/mol. The molecule has 74 valence electrons. The third-order valence-electron chi connectivity index (χ3n) is 2.31. The van der Waals surface area contributed by atoms with Crippen LogP contribution in [0.15, 0.2) is 12.4 Å². The second-order valence-electron chi connectivity index (χ2n) is 3.50. The fourth-order valence-corrected chi connectivity index (χ4v) is 1.43. The highest BCUT2D eigenvalue weighted by Crippen LogP contribution is 2.02. The first-order valence-electron chi connectivity index (χ1n) is 5.22. The van der Waals surface area contributed by atoms with Crippen LogP contribution in [0.1, 0.15) is 39.0 Å². The highest BCUT2D eigenvalue weighted by atomic mass is 15.5. The summed E-state index contributed by atoms with van der Waals surface area (Å²) in [5, 5.41) is 4.21. The monoisotopic (exact) mass is 182 g/mol. The molecule has 3 heteroatoms. The molecule has 0 aliphatic carbocycles. The molecule has 3 nitrogen and oxygen atoms in total. The number of unbranched alkanes of at least 4 members (excludes halogenated alkanes) is 4. The minimum Gasteiger partial charge on any atom is -0.164 e. The predicted octanol–water partition coefficient (Wildman–Crippen LogP) is 1.68. The normalized spacial score (nSPS) is 10.6. The highest BCUT2D eigenvalue weighted by molar-refractivity contribution is 4.51. The minimum atomic E-state index is 1.05. The fourth-order valence-electron chi connectivity index (χ4n) is 1.43. The van der Waals surface area contributed by atoms with Gasteiger partial charge in [-0.25, -0.2) is 0 Å². The minimum absolute atomic E-state index is 1.05. The first kappa shape index (κ1) is 10.2. The van der Waals surface area contributed by atoms with E-state index in [1.165, 1.54) is 32.1 Å². The standard InChI is InChI=1S/C10H20N3/c1-3-4-5-6-7-9-13-11-8-10-12(13)2/h8,10H,3-7,9H2,1-2H3/q+1. The molecule has 1 aromatic heterocycles. The van der Waals surface area contributed by atoms with Crippen LogP contribution in [0.4, 0.5) is 0 Å². The molecule has 0 aliphatic heterocycles. The first-order chi connectivity index (χ1) is 6.34. The quantitative estimate of drug-likeness (QED) is 0.484. The van der Waals surface area contributed by atoms with Crippen LogP contribution in [0.5, 0.6) is 0 Å². The molecule has 0 aromatic carbocycles. The van der Waals surface area contributed by atoms with E-state index >= 15 is 0 Å². The molecule has 0 radical (unpaired) electrons. The molecular formula is C10H20N3+. The summed E-state index contributed by atoms with van der Waals surface area (Å²) in [4.78, 5) is 2.01. The average molecular weight is 182 g/mol. The van der Waals surface area contributed by atoms with Crippen molar-refractivity contribution in [3.05, 3.63) is 12.4 Å². The maximum atomic E-state index is 4.21. The van der Waals surface area contributed by atoms with Crippen molar-refractivity contribution in [3.8, 4) is 0 Å². The molecule has 0 N–H and O–H groups in total. The lowest BCUT2D eigenvalue weighted by molar-refractivity contribution is -0.758. The van der Waals surface area contributed by atoms with Crippen LogP contribution in [0.2, 0.25) is 0 Å². The van der Waals surface area contributed by atoms with Crippen molar-refractivity contribution in [2.24, 2.45) is 7.05 Å². The van der Waals surface area contributed by atoms with E-state index in [2.05, 4.69) is 12.0 Å². The lowest BCUT2D eigenvalue weighted by Gasteiger charge is -1.98. The number of hydrogen-bond donors (Lipinski definition) is 0. The van der Waals surface area contributed by atoms with Crippen LogP contribution in [0.25, 0.3) is 0 Å². The van der Waals surface area contributed by atoms with Gasteiger partial charge in [0.25, 0.3) is 0 Å². The van der Waals surface area contributed by atoms with Crippen LogP contribution >= 0.6 is 0 Å². The van der Waals surface area contributed by atoms with E-state index in [-0.39, 0.29) is 0 Å². The summed E-state index contributed by atoms with van der Waals surface area (Å²) in [5.74, 6) is 0. The van der Waals surface area contributed by atoms with Crippen molar-refractivity contribution < 1.29 is 4.68 Å². The topological polar surface area (TPSA) is 21.7 Å². The van der Waals surface area contributed by atoms with E-state index in [9.17, 15) is 0 Å². The maximum Gasteiger partial charge on any atom is 0.206 e. The predicted molar refractivity (Wildman–Crippen MR) is 52.2 cm³/mol. The Bertz CT molecular complexity index is 230. The smallest absolute Gasteiger partial charge is 0.164 e. The molecule has 1 heterocycles. The summed E-state index contributed by atoms with van der Waals surface area (Å²) in [6.45, 7) is 3.29. The molecule has 0 saturated heterocycles. The summed E-state index contributed by atoms with van der Waals surface area (Å²) in [6.07, 6.45) is 10.4. The van der Waals surface area contributed by atoms with Crippen LogP contribution in [-0.4, -0.2) is 9.90 Å². The highest BCUT2D eigenvalue weighted by Gasteiger charge is 2.02. The van der Waals surface area contributed by atoms with Gasteiger partial charge in [0.15, 0.2) is 6.20 Å². The average Bonchev–Trinajstić information content (AvgIpc) is 2.52. The lowest BCUT2D eigenvalue weighted by Crippen LogP contribution is -2.38. The van der Waals surface area contributed by atoms with Crippen molar-refractivity contribution in [1.29, 1.82) is 0 Å². The molecule has 0 bridgehead atoms. The summed E-state index contributed by atoms with van der Waals surface area (Å²) >= 11 is 0. The van der Waals surface area contributed by atoms with Crippen LogP contribution < -0.4 is 4.68 Å². The summed E-state index contributed by atoms with van der Waals surface area (Å²) in [7, 11) is 2.03. The van der Waals surface area contributed by atoms with E-state index in [1.807, 2.05) is 28.9 Å². The summed E-state index contributed by atoms with van der Waals surface area (Å²) in [5.41, 5.74) is 0. The first-order valence-corrected chi connectivity index (χ1v) is 5.22. The van der Waals surface area contributed by atoms with Gasteiger partial charge in [0.2, 0.25) is 6.20 Å². The Balaban J connectivity index is 2.10. The zero-order valence-electron chi connectivity index (χ0n) is 8.74. The van der Waals surface area contributed by atoms with E-state index in [4.69, 9.17) is 0 Å². The molecule has 0 atom stereocenters. The SMILES string of the molecule is CCCCCCCn1ncc[n+]1C. The number of aryl methyl sites for hydroxylation is 2. The van der Waals surface area contributed by atoms with Crippen LogP contribution in [-0.2, 0) is 13.6 Å². The third kappa shape index (κ3) is 3.57. The number of aromatic nitrogens is 3. The van der Waals surface area contributed by atoms with E-state index < -0.39 is 0 Å². The van der Waals surface area contributed by atoms with Crippen molar-refractivity contribution in [2.45, 2.75) is 45.6 Å². The Hall–Kier alpha value is -0.860. The van der Waals surface area contributed by atoms with Gasteiger partial charge in [-0.05, 0) is 11.2 Å². The Morgan fingerprint density at radius 1 is 1.23 bits per heavy atom. The number of rotatable bonds is 6. The fraction of sp³-hybridized carbons (Fsp3) is 0.800. The van der Waals surface area contributed by atoms with Gasteiger partial charge in [-0.3, -0.25) is 0 Å². The zero-order valence-corrected chi connectivity index (χ0v) is 8.74. The van der Waals surface area contributed by atoms with Crippen molar-refractivity contribution in [2.75, 3.05) is 0 Å². The lowest BCUT2D eigenvalue weighted by atomic mass is 10.2. The van der Waals surface area contributed by atoms with Gasteiger partial charge in [-0.15, -0.1) is 0 Å². The van der Waals surface area contributed by atoms with Crippen molar-refractivity contribution in [3.63, 3.8) is 0 Å². The largest absolute Gasteiger partial charge is 0.206 e. The molecule has 0 saturated carbocycles. The summed E-state index contributed by atoms with van der Waals surface area (Å²) < 4.78 is 2.03. The maximum absolute atomic E-state index is 4.21. The van der Waals surface area contributed by atoms with Gasteiger partial charge in [-0.1, -0.05) is 32.6 Å². The van der Waals surface area contributed by atoms with Gasteiger partial charge in [0.1, 0.15) is 13.6 Å². The van der Waals surface area contributed by atoms with Gasteiger partial charge in [-0.2, -0.15) is 4.68 Å². The van der Waals surface area contributed by atoms with Gasteiger partial charge < -0.3 is 0 Å². The Morgan fingerprint density at radius 3 is 2.62 bits per heavy atom. The van der Waals surface area contributed by atoms with Gasteiger partial charge in [0.05, 0.1) is 0 Å². The Kier molecular flexibility index (Phi) is 4.50. The molecule has 0 spiro atoms. The van der Waals surface area contributed by atoms with E-state index in [1.54, 1.807) is 0 Å². The third-order valence-corrected chi connectivity index (χ3v) is 2.31. The number of nitrogens with zero attached hydrogens (tertiary/aromatic N) is 3. The molecule has 1 rings (SSSR count). The van der Waals surface area contributed by atoms with Crippen LogP contribution in [0.3, 0.4) is 0 Å². The van der Waals surface area contributed by atoms with Crippen LogP contribution in [0, 0.1) is 0 Å². The zero-order chi connectivity index (χ0) is 9.52. The van der Waals surface area contributed by atoms with Gasteiger partial charge in [0, 0.05) is 5.10 Å². The molecule has 13 heavy (non-hydrogen) atoms. The Labute approximate surface area is 80.4 Å². The van der Waals surface area contributed by atoms with Crippen molar-refractivity contribution >= 4 is 0 Å².